The van der Waals surface area contributed by atoms with E-state index in [1.807, 2.05) is 24.7 Å². The van der Waals surface area contributed by atoms with E-state index in [0.29, 0.717) is 0 Å². The Balaban J connectivity index is 1.92. The van der Waals surface area contributed by atoms with Gasteiger partial charge in [-0.3, -0.25) is 4.90 Å². The molecule has 3 aromatic rings. The number of pyridine rings is 1. The maximum Gasteiger partial charge on any atom is 0.134 e. The first-order valence-corrected chi connectivity index (χ1v) is 9.75. The summed E-state index contributed by atoms with van der Waals surface area (Å²) >= 11 is 0. The first kappa shape index (κ1) is 19.8. The fourth-order valence-corrected chi connectivity index (χ4v) is 3.68. The van der Waals surface area contributed by atoms with Crippen molar-refractivity contribution in [3.63, 3.8) is 0 Å². The third kappa shape index (κ3) is 3.71. The van der Waals surface area contributed by atoms with E-state index in [0.717, 1.165) is 53.2 Å². The standard InChI is InChI=1S/C22H28N6/c1-6-10-28(7-2)21(13-23)17-8-9-19(16(3)11-17)27(5)22-12-20-18(14-24-22)25-15-26(20)4/h8-9,11-12,14-15,21H,6-7,10H2,1-5H3. The molecule has 1 unspecified atom stereocenters. The van der Waals surface area contributed by atoms with Crippen molar-refractivity contribution in [1.29, 1.82) is 5.26 Å². The average molecular weight is 377 g/mol. The number of nitrogens with zero attached hydrogens (tertiary/aromatic N) is 6. The molecule has 0 saturated heterocycles. The lowest BCUT2D eigenvalue weighted by molar-refractivity contribution is 0.249. The third-order valence-corrected chi connectivity index (χ3v) is 5.24. The molecule has 0 saturated carbocycles. The fourth-order valence-electron chi connectivity index (χ4n) is 3.68. The summed E-state index contributed by atoms with van der Waals surface area (Å²) in [7, 11) is 4.00. The van der Waals surface area contributed by atoms with Gasteiger partial charge in [-0.25, -0.2) is 9.97 Å². The van der Waals surface area contributed by atoms with E-state index in [1.54, 1.807) is 12.5 Å². The number of hydrogen-bond acceptors (Lipinski definition) is 5. The van der Waals surface area contributed by atoms with Crippen LogP contribution in [-0.2, 0) is 7.05 Å². The zero-order valence-corrected chi connectivity index (χ0v) is 17.3. The molecule has 0 bridgehead atoms. The Hall–Kier alpha value is -2.91. The van der Waals surface area contributed by atoms with E-state index < -0.39 is 0 Å². The normalized spacial score (nSPS) is 12.3. The zero-order chi connectivity index (χ0) is 20.3. The maximum absolute atomic E-state index is 9.74. The summed E-state index contributed by atoms with van der Waals surface area (Å²) in [6, 6.07) is 10.6. The number of hydrogen-bond donors (Lipinski definition) is 0. The number of anilines is 2. The monoisotopic (exact) mass is 376 g/mol. The van der Waals surface area contributed by atoms with Crippen LogP contribution in [0.2, 0.25) is 0 Å². The number of aryl methyl sites for hydroxylation is 2. The smallest absolute Gasteiger partial charge is 0.134 e. The van der Waals surface area contributed by atoms with E-state index in [1.165, 1.54) is 0 Å². The fraction of sp³-hybridized carbons (Fsp3) is 0.409. The van der Waals surface area contributed by atoms with Crippen molar-refractivity contribution in [2.24, 2.45) is 7.05 Å². The molecule has 0 aliphatic heterocycles. The van der Waals surface area contributed by atoms with Crippen molar-refractivity contribution in [2.45, 2.75) is 33.2 Å². The van der Waals surface area contributed by atoms with Crippen molar-refractivity contribution in [2.75, 3.05) is 25.0 Å². The molecule has 0 spiro atoms. The Bertz CT molecular complexity index is 1000. The van der Waals surface area contributed by atoms with Gasteiger partial charge < -0.3 is 9.47 Å². The number of benzene rings is 1. The van der Waals surface area contributed by atoms with Crippen molar-refractivity contribution >= 4 is 22.5 Å². The van der Waals surface area contributed by atoms with Gasteiger partial charge in [0.25, 0.3) is 0 Å². The summed E-state index contributed by atoms with van der Waals surface area (Å²) < 4.78 is 1.99. The minimum Gasteiger partial charge on any atom is -0.334 e. The number of imidazole rings is 1. The molecular formula is C22H28N6. The molecule has 6 nitrogen and oxygen atoms in total. The molecule has 1 atom stereocenters. The predicted octanol–water partition coefficient (Wildman–Crippen LogP) is 4.34. The second-order valence-electron chi connectivity index (χ2n) is 7.15. The highest BCUT2D eigenvalue weighted by atomic mass is 15.2. The summed E-state index contributed by atoms with van der Waals surface area (Å²) in [5, 5.41) is 9.74. The Morgan fingerprint density at radius 2 is 2.00 bits per heavy atom. The van der Waals surface area contributed by atoms with Gasteiger partial charge in [-0.05, 0) is 43.6 Å². The van der Waals surface area contributed by atoms with E-state index in [2.05, 4.69) is 64.8 Å². The van der Waals surface area contributed by atoms with Crippen molar-refractivity contribution in [1.82, 2.24) is 19.4 Å². The van der Waals surface area contributed by atoms with Gasteiger partial charge in [-0.1, -0.05) is 26.0 Å². The van der Waals surface area contributed by atoms with Gasteiger partial charge in [0, 0.05) is 25.8 Å². The van der Waals surface area contributed by atoms with Crippen LogP contribution in [0.1, 0.15) is 37.4 Å². The molecule has 6 heteroatoms. The molecule has 1 aromatic carbocycles. The molecular weight excluding hydrogens is 348 g/mol. The average Bonchev–Trinajstić information content (AvgIpc) is 3.07. The quantitative estimate of drug-likeness (QED) is 0.614. The maximum atomic E-state index is 9.74. The highest BCUT2D eigenvalue weighted by molar-refractivity contribution is 5.79. The number of aromatic nitrogens is 3. The van der Waals surface area contributed by atoms with Crippen molar-refractivity contribution < 1.29 is 0 Å². The van der Waals surface area contributed by atoms with Gasteiger partial charge in [0.1, 0.15) is 17.4 Å². The van der Waals surface area contributed by atoms with Crippen LogP contribution < -0.4 is 4.90 Å². The predicted molar refractivity (Wildman–Crippen MR) is 114 cm³/mol. The van der Waals surface area contributed by atoms with E-state index >= 15 is 0 Å². The van der Waals surface area contributed by atoms with E-state index in [9.17, 15) is 5.26 Å². The molecule has 2 aromatic heterocycles. The first-order chi connectivity index (χ1) is 13.5. The summed E-state index contributed by atoms with van der Waals surface area (Å²) in [4.78, 5) is 13.2. The molecule has 3 rings (SSSR count). The summed E-state index contributed by atoms with van der Waals surface area (Å²) in [6.07, 6.45) is 4.64. The van der Waals surface area contributed by atoms with E-state index in [-0.39, 0.29) is 6.04 Å². The van der Waals surface area contributed by atoms with Crippen LogP contribution in [-0.4, -0.2) is 39.6 Å². The summed E-state index contributed by atoms with van der Waals surface area (Å²) in [5.74, 6) is 0.866. The lowest BCUT2D eigenvalue weighted by Gasteiger charge is -2.27. The topological polar surface area (TPSA) is 61.0 Å². The minimum atomic E-state index is -0.216. The number of nitriles is 1. The van der Waals surface area contributed by atoms with Crippen LogP contribution in [0, 0.1) is 18.3 Å². The molecule has 28 heavy (non-hydrogen) atoms. The highest BCUT2D eigenvalue weighted by Crippen LogP contribution is 2.30. The zero-order valence-electron chi connectivity index (χ0n) is 17.3. The van der Waals surface area contributed by atoms with Crippen LogP contribution in [0.15, 0.2) is 36.8 Å². The van der Waals surface area contributed by atoms with Gasteiger partial charge in [0.05, 0.1) is 24.1 Å². The van der Waals surface area contributed by atoms with Gasteiger partial charge in [-0.2, -0.15) is 5.26 Å². The third-order valence-electron chi connectivity index (χ3n) is 5.24. The Morgan fingerprint density at radius 1 is 1.21 bits per heavy atom. The number of fused-ring (bicyclic) bond motifs is 1. The SMILES string of the molecule is CCCN(CC)C(C#N)c1ccc(N(C)c2cc3c(cn2)ncn3C)c(C)c1. The molecule has 0 N–H and O–H groups in total. The minimum absolute atomic E-state index is 0.216. The molecule has 0 aliphatic carbocycles. The van der Waals surface area contributed by atoms with E-state index in [4.69, 9.17) is 0 Å². The molecule has 0 amide bonds. The molecule has 0 fully saturated rings. The second-order valence-corrected chi connectivity index (χ2v) is 7.15. The first-order valence-electron chi connectivity index (χ1n) is 9.75. The highest BCUT2D eigenvalue weighted by Gasteiger charge is 2.19. The van der Waals surface area contributed by atoms with Crippen LogP contribution in [0.5, 0.6) is 0 Å². The Labute approximate surface area is 167 Å². The van der Waals surface area contributed by atoms with Crippen LogP contribution in [0.3, 0.4) is 0 Å². The van der Waals surface area contributed by atoms with Crippen molar-refractivity contribution in [3.8, 4) is 6.07 Å². The van der Waals surface area contributed by atoms with Crippen molar-refractivity contribution in [3.05, 3.63) is 47.9 Å². The Morgan fingerprint density at radius 3 is 2.64 bits per heavy atom. The van der Waals surface area contributed by atoms with Crippen LogP contribution in [0.4, 0.5) is 11.5 Å². The van der Waals surface area contributed by atoms with Crippen LogP contribution >= 0.6 is 0 Å². The van der Waals surface area contributed by atoms with Gasteiger partial charge in [0.2, 0.25) is 0 Å². The molecule has 2 heterocycles. The lowest BCUT2D eigenvalue weighted by Crippen LogP contribution is -2.28. The summed E-state index contributed by atoms with van der Waals surface area (Å²) in [6.45, 7) is 8.12. The molecule has 0 radical (unpaired) electrons. The van der Waals surface area contributed by atoms with Gasteiger partial charge in [0.15, 0.2) is 0 Å². The number of rotatable bonds is 7. The van der Waals surface area contributed by atoms with Gasteiger partial charge in [-0.15, -0.1) is 0 Å². The summed E-state index contributed by atoms with van der Waals surface area (Å²) in [5.41, 5.74) is 5.18. The Kier molecular flexibility index (Phi) is 5.96. The molecule has 146 valence electrons. The molecule has 0 aliphatic rings. The lowest BCUT2D eigenvalue weighted by atomic mass is 10.0. The van der Waals surface area contributed by atoms with Crippen LogP contribution in [0.25, 0.3) is 11.0 Å². The van der Waals surface area contributed by atoms with Gasteiger partial charge >= 0.3 is 0 Å². The largest absolute Gasteiger partial charge is 0.334 e. The second kappa shape index (κ2) is 8.41.